The van der Waals surface area contributed by atoms with Crippen LogP contribution in [0, 0.1) is 13.8 Å². The Bertz CT molecular complexity index is 1130. The lowest BCUT2D eigenvalue weighted by atomic mass is 10.0. The van der Waals surface area contributed by atoms with Crippen molar-refractivity contribution in [1.29, 1.82) is 0 Å². The molecule has 1 saturated heterocycles. The van der Waals surface area contributed by atoms with E-state index in [4.69, 9.17) is 4.52 Å². The number of hydrogen-bond acceptors (Lipinski definition) is 5. The van der Waals surface area contributed by atoms with Crippen LogP contribution in [-0.4, -0.2) is 37.1 Å². The topological polar surface area (TPSA) is 76.5 Å². The largest absolute Gasteiger partial charge is 0.433 e. The van der Waals surface area contributed by atoms with E-state index in [-0.39, 0.29) is 23.3 Å². The predicted molar refractivity (Wildman–Crippen MR) is 99.0 cm³/mol. The van der Waals surface area contributed by atoms with Crippen molar-refractivity contribution >= 4 is 11.6 Å². The van der Waals surface area contributed by atoms with E-state index in [0.717, 1.165) is 41.8 Å². The van der Waals surface area contributed by atoms with E-state index in [1.807, 2.05) is 6.92 Å². The minimum absolute atomic E-state index is 0.0420. The van der Waals surface area contributed by atoms with E-state index >= 15 is 0 Å². The summed E-state index contributed by atoms with van der Waals surface area (Å²) in [5.41, 5.74) is 1.07. The molecule has 1 amide bonds. The first-order valence-electron chi connectivity index (χ1n) is 9.95. The zero-order chi connectivity index (χ0) is 21.2. The van der Waals surface area contributed by atoms with Gasteiger partial charge in [0, 0.05) is 29.8 Å². The third kappa shape index (κ3) is 3.05. The molecule has 10 heteroatoms. The Balaban J connectivity index is 1.55. The molecular weight excluding hydrogens is 399 g/mol. The molecule has 3 aromatic rings. The number of fused-ring (bicyclic) bond motifs is 1. The average molecular weight is 419 g/mol. The highest BCUT2D eigenvalue weighted by molar-refractivity contribution is 5.94. The molecule has 0 bridgehead atoms. The molecule has 0 aromatic carbocycles. The summed E-state index contributed by atoms with van der Waals surface area (Å²) in [4.78, 5) is 19.2. The van der Waals surface area contributed by atoms with Crippen molar-refractivity contribution in [3.8, 4) is 0 Å². The lowest BCUT2D eigenvalue weighted by Crippen LogP contribution is -2.31. The van der Waals surface area contributed by atoms with Gasteiger partial charge < -0.3 is 9.42 Å². The fraction of sp³-hybridized carbons (Fsp3) is 0.500. The highest BCUT2D eigenvalue weighted by atomic mass is 19.4. The fourth-order valence-corrected chi connectivity index (χ4v) is 4.31. The number of carbonyl (C=O) groups is 1. The van der Waals surface area contributed by atoms with Crippen LogP contribution in [-0.2, 0) is 6.18 Å². The number of carbonyl (C=O) groups excluding carboxylic acids is 1. The third-order valence-electron chi connectivity index (χ3n) is 5.89. The van der Waals surface area contributed by atoms with Gasteiger partial charge >= 0.3 is 6.18 Å². The number of aryl methyl sites for hydroxylation is 2. The molecule has 5 rings (SSSR count). The van der Waals surface area contributed by atoms with Gasteiger partial charge in [0.25, 0.3) is 5.91 Å². The number of amides is 1. The van der Waals surface area contributed by atoms with Crippen LogP contribution in [0.2, 0.25) is 0 Å². The van der Waals surface area contributed by atoms with Gasteiger partial charge in [0.05, 0.1) is 11.7 Å². The molecule has 1 saturated carbocycles. The Morgan fingerprint density at radius 3 is 2.60 bits per heavy atom. The second kappa shape index (κ2) is 6.55. The second-order valence-corrected chi connectivity index (χ2v) is 8.03. The van der Waals surface area contributed by atoms with Gasteiger partial charge in [0.15, 0.2) is 11.3 Å². The molecule has 0 radical (unpaired) electrons. The van der Waals surface area contributed by atoms with E-state index < -0.39 is 17.8 Å². The zero-order valence-electron chi connectivity index (χ0n) is 16.5. The number of halogens is 3. The Kier molecular flexibility index (Phi) is 4.16. The van der Waals surface area contributed by atoms with Crippen LogP contribution in [0.15, 0.2) is 16.7 Å². The molecule has 30 heavy (non-hydrogen) atoms. The van der Waals surface area contributed by atoms with Crippen LogP contribution in [0.5, 0.6) is 0 Å². The third-order valence-corrected chi connectivity index (χ3v) is 5.89. The SMILES string of the molecule is Cc1noc(C)c1[C@H]1CCCN1C(=O)c1cc2nc(C3CC3)cc(C(F)(F)F)n2n1. The summed E-state index contributed by atoms with van der Waals surface area (Å²) in [6.45, 7) is 4.10. The molecule has 1 aliphatic carbocycles. The molecule has 0 unspecified atom stereocenters. The first-order valence-corrected chi connectivity index (χ1v) is 9.95. The zero-order valence-corrected chi connectivity index (χ0v) is 16.5. The quantitative estimate of drug-likeness (QED) is 0.636. The highest BCUT2D eigenvalue weighted by Gasteiger charge is 2.39. The van der Waals surface area contributed by atoms with E-state index in [1.54, 1.807) is 11.8 Å². The van der Waals surface area contributed by atoms with Gasteiger partial charge in [-0.25, -0.2) is 9.50 Å². The maximum atomic E-state index is 13.6. The Hall–Kier alpha value is -2.91. The second-order valence-electron chi connectivity index (χ2n) is 8.03. The van der Waals surface area contributed by atoms with Crippen LogP contribution >= 0.6 is 0 Å². The van der Waals surface area contributed by atoms with Crippen molar-refractivity contribution in [2.75, 3.05) is 6.54 Å². The van der Waals surface area contributed by atoms with Crippen LogP contribution in [0.25, 0.3) is 5.65 Å². The molecule has 2 aliphatic rings. The number of rotatable bonds is 3. The van der Waals surface area contributed by atoms with Crippen molar-refractivity contribution in [2.45, 2.75) is 57.7 Å². The van der Waals surface area contributed by atoms with Crippen molar-refractivity contribution in [3.05, 3.63) is 46.2 Å². The van der Waals surface area contributed by atoms with Gasteiger partial charge in [-0.1, -0.05) is 5.16 Å². The summed E-state index contributed by atoms with van der Waals surface area (Å²) in [5, 5.41) is 7.97. The van der Waals surface area contributed by atoms with Crippen LogP contribution in [0.3, 0.4) is 0 Å². The predicted octanol–water partition coefficient (Wildman–Crippen LogP) is 4.21. The van der Waals surface area contributed by atoms with Gasteiger partial charge in [-0.05, 0) is 45.6 Å². The summed E-state index contributed by atoms with van der Waals surface area (Å²) >= 11 is 0. The Morgan fingerprint density at radius 1 is 1.20 bits per heavy atom. The summed E-state index contributed by atoms with van der Waals surface area (Å²) in [6.07, 6.45) is -1.42. The van der Waals surface area contributed by atoms with Crippen molar-refractivity contribution in [3.63, 3.8) is 0 Å². The molecule has 0 N–H and O–H groups in total. The molecule has 1 atom stereocenters. The maximum Gasteiger partial charge on any atom is 0.433 e. The Labute approximate surface area is 169 Å². The van der Waals surface area contributed by atoms with Crippen molar-refractivity contribution in [1.82, 2.24) is 24.7 Å². The molecule has 158 valence electrons. The molecule has 7 nitrogen and oxygen atoms in total. The van der Waals surface area contributed by atoms with Gasteiger partial charge in [0.1, 0.15) is 11.5 Å². The van der Waals surface area contributed by atoms with Gasteiger partial charge in [-0.15, -0.1) is 0 Å². The molecule has 4 heterocycles. The van der Waals surface area contributed by atoms with E-state index in [1.165, 1.54) is 6.07 Å². The van der Waals surface area contributed by atoms with E-state index in [9.17, 15) is 18.0 Å². The smallest absolute Gasteiger partial charge is 0.361 e. The summed E-state index contributed by atoms with van der Waals surface area (Å²) in [7, 11) is 0. The summed E-state index contributed by atoms with van der Waals surface area (Å²) in [6, 6.07) is 2.17. The lowest BCUT2D eigenvalue weighted by molar-refractivity contribution is -0.142. The van der Waals surface area contributed by atoms with Crippen LogP contribution in [0.1, 0.15) is 76.5 Å². The molecular formula is C20H20F3N5O2. The van der Waals surface area contributed by atoms with Gasteiger partial charge in [0.2, 0.25) is 0 Å². The highest BCUT2D eigenvalue weighted by Crippen LogP contribution is 2.41. The lowest BCUT2D eigenvalue weighted by Gasteiger charge is -2.23. The van der Waals surface area contributed by atoms with Crippen molar-refractivity contribution in [2.24, 2.45) is 0 Å². The standard InChI is InChI=1S/C20H20F3N5O2/c1-10-18(11(2)30-26-10)15-4-3-7-27(15)19(29)14-9-17-24-13(12-5-6-12)8-16(20(21,22)23)28(17)25-14/h8-9,12,15H,3-7H2,1-2H3/t15-/m1/s1. The van der Waals surface area contributed by atoms with Crippen LogP contribution in [0.4, 0.5) is 13.2 Å². The summed E-state index contributed by atoms with van der Waals surface area (Å²) < 4.78 is 46.9. The van der Waals surface area contributed by atoms with Gasteiger partial charge in [-0.3, -0.25) is 4.79 Å². The normalized spacial score (nSPS) is 19.8. The minimum Gasteiger partial charge on any atom is -0.361 e. The number of aromatic nitrogens is 4. The maximum absolute atomic E-state index is 13.6. The van der Waals surface area contributed by atoms with E-state index in [0.29, 0.717) is 23.7 Å². The number of likely N-dealkylation sites (tertiary alicyclic amines) is 1. The number of alkyl halides is 3. The Morgan fingerprint density at radius 2 is 1.97 bits per heavy atom. The molecule has 3 aromatic heterocycles. The van der Waals surface area contributed by atoms with Gasteiger partial charge in [-0.2, -0.15) is 18.3 Å². The minimum atomic E-state index is -4.59. The fourth-order valence-electron chi connectivity index (χ4n) is 4.31. The first kappa shape index (κ1) is 19.1. The number of nitrogens with zero attached hydrogens (tertiary/aromatic N) is 5. The molecule has 1 aliphatic heterocycles. The monoisotopic (exact) mass is 419 g/mol. The van der Waals surface area contributed by atoms with E-state index in [2.05, 4.69) is 15.2 Å². The first-order chi connectivity index (χ1) is 14.2. The van der Waals surface area contributed by atoms with Crippen molar-refractivity contribution < 1.29 is 22.5 Å². The summed E-state index contributed by atoms with van der Waals surface area (Å²) in [5.74, 6) is 0.277. The average Bonchev–Trinajstić information content (AvgIpc) is 3.13. The molecule has 2 fully saturated rings. The van der Waals surface area contributed by atoms with Crippen LogP contribution < -0.4 is 0 Å². The number of hydrogen-bond donors (Lipinski definition) is 0. The molecule has 0 spiro atoms.